The van der Waals surface area contributed by atoms with Gasteiger partial charge >= 0.3 is 5.97 Å². The highest BCUT2D eigenvalue weighted by molar-refractivity contribution is 5.69. The fourth-order valence-corrected chi connectivity index (χ4v) is 2.31. The summed E-state index contributed by atoms with van der Waals surface area (Å²) in [6, 6.07) is 8.03. The van der Waals surface area contributed by atoms with E-state index >= 15 is 0 Å². The number of unbranched alkanes of at least 4 members (excludes halogenated alkanes) is 2. The smallest absolute Gasteiger partial charge is 0.305 e. The number of nitrogens with zero attached hydrogens (tertiary/aromatic N) is 1. The van der Waals surface area contributed by atoms with Crippen LogP contribution in [-0.4, -0.2) is 25.7 Å². The Kier molecular flexibility index (Phi) is 8.32. The van der Waals surface area contributed by atoms with Gasteiger partial charge in [0.1, 0.15) is 0 Å². The fourth-order valence-electron chi connectivity index (χ4n) is 2.31. The Hall–Kier alpha value is -1.71. The average Bonchev–Trinajstić information content (AvgIpc) is 2.47. The van der Waals surface area contributed by atoms with Crippen molar-refractivity contribution in [3.8, 4) is 0 Å². The fraction of sp³-hybridized carbons (Fsp3) is 0.588. The van der Waals surface area contributed by atoms with E-state index in [2.05, 4.69) is 24.0 Å². The second kappa shape index (κ2) is 10.1. The Morgan fingerprint density at radius 2 is 1.81 bits per heavy atom. The van der Waals surface area contributed by atoms with Gasteiger partial charge in [0.05, 0.1) is 6.61 Å². The predicted molar refractivity (Wildman–Crippen MR) is 88.5 cm³/mol. The molecule has 0 unspecified atom stereocenters. The molecule has 2 N–H and O–H groups in total. The van der Waals surface area contributed by atoms with Gasteiger partial charge in [-0.2, -0.15) is 0 Å². The molecule has 0 spiro atoms. The maximum atomic E-state index is 11.3. The lowest BCUT2D eigenvalue weighted by molar-refractivity contribution is -0.143. The topological polar surface area (TPSA) is 55.6 Å². The van der Waals surface area contributed by atoms with E-state index in [0.717, 1.165) is 44.5 Å². The first kappa shape index (κ1) is 17.3. The maximum absolute atomic E-state index is 11.3. The third-order valence-corrected chi connectivity index (χ3v) is 3.37. The molecular weight excluding hydrogens is 264 g/mol. The van der Waals surface area contributed by atoms with Crippen LogP contribution in [-0.2, 0) is 9.53 Å². The van der Waals surface area contributed by atoms with Crippen LogP contribution in [0.4, 0.5) is 11.4 Å². The summed E-state index contributed by atoms with van der Waals surface area (Å²) >= 11 is 0. The van der Waals surface area contributed by atoms with Gasteiger partial charge in [0, 0.05) is 30.9 Å². The van der Waals surface area contributed by atoms with E-state index in [4.69, 9.17) is 10.5 Å². The van der Waals surface area contributed by atoms with Crippen LogP contribution in [0.2, 0.25) is 0 Å². The molecule has 0 saturated heterocycles. The molecule has 0 aliphatic carbocycles. The molecule has 0 atom stereocenters. The highest BCUT2D eigenvalue weighted by Gasteiger charge is 2.06. The molecule has 0 aliphatic heterocycles. The van der Waals surface area contributed by atoms with Gasteiger partial charge in [-0.05, 0) is 50.5 Å². The molecule has 1 rings (SSSR count). The first-order chi connectivity index (χ1) is 10.2. The molecule has 0 amide bonds. The number of benzene rings is 1. The van der Waals surface area contributed by atoms with E-state index in [1.54, 1.807) is 0 Å². The van der Waals surface area contributed by atoms with Crippen LogP contribution in [0.15, 0.2) is 24.3 Å². The normalized spacial score (nSPS) is 10.4. The van der Waals surface area contributed by atoms with Gasteiger partial charge in [-0.15, -0.1) is 0 Å². The predicted octanol–water partition coefficient (Wildman–Crippen LogP) is 3.61. The number of nitrogens with two attached hydrogens (primary N) is 1. The van der Waals surface area contributed by atoms with E-state index in [-0.39, 0.29) is 5.97 Å². The number of anilines is 2. The zero-order valence-corrected chi connectivity index (χ0v) is 13.3. The van der Waals surface area contributed by atoms with Crippen molar-refractivity contribution in [3.63, 3.8) is 0 Å². The van der Waals surface area contributed by atoms with Crippen LogP contribution >= 0.6 is 0 Å². The molecule has 1 aromatic rings. The minimum Gasteiger partial charge on any atom is -0.466 e. The van der Waals surface area contributed by atoms with E-state index in [0.29, 0.717) is 13.0 Å². The summed E-state index contributed by atoms with van der Waals surface area (Å²) in [7, 11) is 0. The number of hydrogen-bond donors (Lipinski definition) is 1. The van der Waals surface area contributed by atoms with Gasteiger partial charge in [-0.25, -0.2) is 0 Å². The molecule has 0 fully saturated rings. The molecule has 0 aromatic heterocycles. The molecule has 118 valence electrons. The minimum atomic E-state index is -0.0820. The van der Waals surface area contributed by atoms with Crippen molar-refractivity contribution in [1.82, 2.24) is 0 Å². The molecule has 0 aliphatic rings. The van der Waals surface area contributed by atoms with E-state index in [9.17, 15) is 4.79 Å². The van der Waals surface area contributed by atoms with E-state index < -0.39 is 0 Å². The Morgan fingerprint density at radius 1 is 1.10 bits per heavy atom. The Bertz CT molecular complexity index is 404. The van der Waals surface area contributed by atoms with E-state index in [1.807, 2.05) is 19.1 Å². The standard InChI is InChI=1S/C17H28N2O2/c1-3-13-19(16-11-9-15(18)10-12-16)14-7-5-6-8-17(20)21-4-2/h9-12H,3-8,13-14,18H2,1-2H3. The SMILES string of the molecule is CCCN(CCCCCC(=O)OCC)c1ccc(N)cc1. The summed E-state index contributed by atoms with van der Waals surface area (Å²) in [6.45, 7) is 6.56. The first-order valence-electron chi connectivity index (χ1n) is 7.93. The summed E-state index contributed by atoms with van der Waals surface area (Å²) in [6.07, 6.45) is 4.69. The van der Waals surface area contributed by atoms with Crippen LogP contribution in [0, 0.1) is 0 Å². The molecule has 21 heavy (non-hydrogen) atoms. The summed E-state index contributed by atoms with van der Waals surface area (Å²) in [5.41, 5.74) is 7.75. The van der Waals surface area contributed by atoms with Crippen molar-refractivity contribution in [2.45, 2.75) is 46.0 Å². The van der Waals surface area contributed by atoms with Crippen LogP contribution in [0.1, 0.15) is 46.0 Å². The lowest BCUT2D eigenvalue weighted by Gasteiger charge is -2.24. The highest BCUT2D eigenvalue weighted by atomic mass is 16.5. The van der Waals surface area contributed by atoms with E-state index in [1.165, 1.54) is 5.69 Å². The van der Waals surface area contributed by atoms with Crippen molar-refractivity contribution in [3.05, 3.63) is 24.3 Å². The zero-order valence-electron chi connectivity index (χ0n) is 13.3. The monoisotopic (exact) mass is 292 g/mol. The lowest BCUT2D eigenvalue weighted by Crippen LogP contribution is -2.25. The lowest BCUT2D eigenvalue weighted by atomic mass is 10.1. The number of carbonyl (C=O) groups excluding carboxylic acids is 1. The van der Waals surface area contributed by atoms with Gasteiger partial charge in [0.15, 0.2) is 0 Å². The summed E-state index contributed by atoms with van der Waals surface area (Å²) in [5, 5.41) is 0. The third-order valence-electron chi connectivity index (χ3n) is 3.37. The molecule has 0 heterocycles. The van der Waals surface area contributed by atoms with Crippen LogP contribution < -0.4 is 10.6 Å². The number of ether oxygens (including phenoxy) is 1. The van der Waals surface area contributed by atoms with Gasteiger partial charge in [-0.3, -0.25) is 4.79 Å². The third kappa shape index (κ3) is 7.02. The zero-order chi connectivity index (χ0) is 15.5. The van der Waals surface area contributed by atoms with Crippen molar-refractivity contribution >= 4 is 17.3 Å². The highest BCUT2D eigenvalue weighted by Crippen LogP contribution is 2.17. The van der Waals surface area contributed by atoms with Crippen molar-refractivity contribution in [2.75, 3.05) is 30.3 Å². The number of hydrogen-bond acceptors (Lipinski definition) is 4. The Balaban J connectivity index is 2.31. The molecule has 0 saturated carbocycles. The summed E-state index contributed by atoms with van der Waals surface area (Å²) in [5.74, 6) is -0.0820. The average molecular weight is 292 g/mol. The number of esters is 1. The summed E-state index contributed by atoms with van der Waals surface area (Å²) in [4.78, 5) is 13.6. The quantitative estimate of drug-likeness (QED) is 0.406. The maximum Gasteiger partial charge on any atom is 0.305 e. The summed E-state index contributed by atoms with van der Waals surface area (Å²) < 4.78 is 4.93. The molecule has 1 aromatic carbocycles. The van der Waals surface area contributed by atoms with Crippen LogP contribution in [0.3, 0.4) is 0 Å². The largest absolute Gasteiger partial charge is 0.466 e. The van der Waals surface area contributed by atoms with Crippen LogP contribution in [0.25, 0.3) is 0 Å². The van der Waals surface area contributed by atoms with Crippen molar-refractivity contribution < 1.29 is 9.53 Å². The molecule has 4 nitrogen and oxygen atoms in total. The van der Waals surface area contributed by atoms with Crippen LogP contribution in [0.5, 0.6) is 0 Å². The molecular formula is C17H28N2O2. The number of nitrogen functional groups attached to an aromatic ring is 1. The second-order valence-corrected chi connectivity index (χ2v) is 5.19. The Morgan fingerprint density at radius 3 is 2.43 bits per heavy atom. The minimum absolute atomic E-state index is 0.0820. The number of carbonyl (C=O) groups is 1. The second-order valence-electron chi connectivity index (χ2n) is 5.19. The van der Waals surface area contributed by atoms with Crippen molar-refractivity contribution in [2.24, 2.45) is 0 Å². The first-order valence-corrected chi connectivity index (χ1v) is 7.93. The number of rotatable bonds is 10. The Labute approximate surface area is 128 Å². The van der Waals surface area contributed by atoms with Gasteiger partial charge < -0.3 is 15.4 Å². The van der Waals surface area contributed by atoms with Gasteiger partial charge in [0.2, 0.25) is 0 Å². The van der Waals surface area contributed by atoms with Gasteiger partial charge in [0.25, 0.3) is 0 Å². The molecule has 0 bridgehead atoms. The van der Waals surface area contributed by atoms with Crippen molar-refractivity contribution in [1.29, 1.82) is 0 Å². The van der Waals surface area contributed by atoms with Gasteiger partial charge in [-0.1, -0.05) is 13.3 Å². The molecule has 4 heteroatoms. The molecule has 0 radical (unpaired) electrons.